The smallest absolute Gasteiger partial charge is 0.339 e. The zero-order valence-corrected chi connectivity index (χ0v) is 12.7. The Hall–Kier alpha value is -2.06. The van der Waals surface area contributed by atoms with Crippen LogP contribution in [0.2, 0.25) is 0 Å². The van der Waals surface area contributed by atoms with Gasteiger partial charge in [-0.3, -0.25) is 4.72 Å². The van der Waals surface area contributed by atoms with Crippen molar-refractivity contribution in [3.63, 3.8) is 0 Å². The minimum absolute atomic E-state index is 0.101. The molecule has 1 heterocycles. The summed E-state index contributed by atoms with van der Waals surface area (Å²) in [5.41, 5.74) is -0.189. The third-order valence-electron chi connectivity index (χ3n) is 2.73. The summed E-state index contributed by atoms with van der Waals surface area (Å²) < 4.78 is 26.8. The second-order valence-corrected chi connectivity index (χ2v) is 7.29. The van der Waals surface area contributed by atoms with Gasteiger partial charge in [-0.2, -0.15) is 0 Å². The third kappa shape index (κ3) is 3.34. The van der Waals surface area contributed by atoms with Gasteiger partial charge in [0.2, 0.25) is 0 Å². The van der Waals surface area contributed by atoms with Crippen LogP contribution in [0.25, 0.3) is 0 Å². The number of carboxylic acid groups (broad SMARTS) is 1. The molecule has 2 rings (SSSR count). The molecule has 2 aromatic rings. The highest BCUT2D eigenvalue weighted by Crippen LogP contribution is 2.27. The molecule has 112 valence electrons. The van der Waals surface area contributed by atoms with Crippen molar-refractivity contribution in [3.05, 3.63) is 40.8 Å². The largest absolute Gasteiger partial charge is 0.507 e. The average Bonchev–Trinajstić information content (AvgIpc) is 2.87. The predicted octanol–water partition coefficient (Wildman–Crippen LogP) is 2.52. The van der Waals surface area contributed by atoms with Crippen molar-refractivity contribution in [3.8, 4) is 5.75 Å². The van der Waals surface area contributed by atoms with Crippen molar-refractivity contribution in [1.29, 1.82) is 0 Å². The molecule has 0 aliphatic rings. The number of sulfonamides is 1. The highest BCUT2D eigenvalue weighted by Gasteiger charge is 2.18. The molecule has 0 radical (unpaired) electrons. The van der Waals surface area contributed by atoms with Gasteiger partial charge >= 0.3 is 5.97 Å². The summed E-state index contributed by atoms with van der Waals surface area (Å²) in [5, 5.41) is 18.4. The molecule has 0 aliphatic carbocycles. The first-order valence-electron chi connectivity index (χ1n) is 6.01. The van der Waals surface area contributed by atoms with Crippen LogP contribution in [-0.2, 0) is 16.4 Å². The van der Waals surface area contributed by atoms with Crippen molar-refractivity contribution in [1.82, 2.24) is 0 Å². The van der Waals surface area contributed by atoms with E-state index in [2.05, 4.69) is 4.72 Å². The first kappa shape index (κ1) is 15.3. The van der Waals surface area contributed by atoms with Crippen LogP contribution in [0, 0.1) is 0 Å². The van der Waals surface area contributed by atoms with Gasteiger partial charge in [-0.1, -0.05) is 6.92 Å². The van der Waals surface area contributed by atoms with Crippen LogP contribution in [0.5, 0.6) is 5.75 Å². The van der Waals surface area contributed by atoms with Gasteiger partial charge in [0, 0.05) is 10.9 Å². The van der Waals surface area contributed by atoms with E-state index in [9.17, 15) is 18.3 Å². The van der Waals surface area contributed by atoms with E-state index in [0.717, 1.165) is 34.8 Å². The standard InChI is InChI=1S/C13H13NO5S2/c1-2-9-4-6-12(20-9)21(18,19)14-8-3-5-10(13(16)17)11(15)7-8/h3-7,14-15H,2H2,1H3,(H,16,17). The maximum atomic E-state index is 12.2. The third-order valence-corrected chi connectivity index (χ3v) is 5.83. The molecule has 0 atom stereocenters. The molecule has 0 bridgehead atoms. The molecule has 0 spiro atoms. The lowest BCUT2D eigenvalue weighted by Crippen LogP contribution is -2.11. The second-order valence-electron chi connectivity index (χ2n) is 4.22. The summed E-state index contributed by atoms with van der Waals surface area (Å²) in [7, 11) is -3.74. The van der Waals surface area contributed by atoms with E-state index in [4.69, 9.17) is 5.11 Å². The number of aryl methyl sites for hydroxylation is 1. The summed E-state index contributed by atoms with van der Waals surface area (Å²) in [6.45, 7) is 1.93. The predicted molar refractivity (Wildman–Crippen MR) is 79.6 cm³/mol. The Morgan fingerprint density at radius 3 is 2.52 bits per heavy atom. The second kappa shape index (κ2) is 5.74. The number of thiophene rings is 1. The van der Waals surface area contributed by atoms with E-state index >= 15 is 0 Å². The molecule has 3 N–H and O–H groups in total. The van der Waals surface area contributed by atoms with Gasteiger partial charge in [0.25, 0.3) is 10.0 Å². The molecular formula is C13H13NO5S2. The Morgan fingerprint density at radius 1 is 1.29 bits per heavy atom. The first-order valence-corrected chi connectivity index (χ1v) is 8.31. The number of aromatic carboxylic acids is 1. The molecule has 21 heavy (non-hydrogen) atoms. The minimum Gasteiger partial charge on any atom is -0.507 e. The number of carbonyl (C=O) groups is 1. The Morgan fingerprint density at radius 2 is 2.00 bits per heavy atom. The molecule has 0 aliphatic heterocycles. The van der Waals surface area contributed by atoms with Gasteiger partial charge in [-0.05, 0) is 30.7 Å². The van der Waals surface area contributed by atoms with Gasteiger partial charge < -0.3 is 10.2 Å². The normalized spacial score (nSPS) is 11.3. The number of hydrogen-bond acceptors (Lipinski definition) is 5. The molecule has 8 heteroatoms. The van der Waals surface area contributed by atoms with Crippen LogP contribution in [0.3, 0.4) is 0 Å². The van der Waals surface area contributed by atoms with Gasteiger partial charge in [-0.15, -0.1) is 11.3 Å². The maximum Gasteiger partial charge on any atom is 0.339 e. The van der Waals surface area contributed by atoms with Crippen LogP contribution >= 0.6 is 11.3 Å². The van der Waals surface area contributed by atoms with Gasteiger partial charge in [0.1, 0.15) is 15.5 Å². The van der Waals surface area contributed by atoms with Crippen LogP contribution in [-0.4, -0.2) is 24.6 Å². The molecule has 6 nitrogen and oxygen atoms in total. The van der Waals surface area contributed by atoms with Crippen molar-refractivity contribution in [2.24, 2.45) is 0 Å². The highest BCUT2D eigenvalue weighted by atomic mass is 32.2. The number of benzene rings is 1. The fraction of sp³-hybridized carbons (Fsp3) is 0.154. The quantitative estimate of drug-likeness (QED) is 0.783. The Labute approximate surface area is 125 Å². The number of carboxylic acids is 1. The molecule has 1 aromatic heterocycles. The van der Waals surface area contributed by atoms with E-state index in [1.165, 1.54) is 12.1 Å². The van der Waals surface area contributed by atoms with E-state index < -0.39 is 21.7 Å². The zero-order valence-electron chi connectivity index (χ0n) is 11.0. The van der Waals surface area contributed by atoms with E-state index in [-0.39, 0.29) is 15.5 Å². The van der Waals surface area contributed by atoms with E-state index in [1.54, 1.807) is 6.07 Å². The topological polar surface area (TPSA) is 104 Å². The van der Waals surface area contributed by atoms with Crippen molar-refractivity contribution < 1.29 is 23.4 Å². The average molecular weight is 327 g/mol. The van der Waals surface area contributed by atoms with Crippen LogP contribution in [0.1, 0.15) is 22.2 Å². The summed E-state index contributed by atoms with van der Waals surface area (Å²) in [6.07, 6.45) is 0.744. The van der Waals surface area contributed by atoms with E-state index in [0.29, 0.717) is 0 Å². The van der Waals surface area contributed by atoms with Crippen LogP contribution in [0.15, 0.2) is 34.5 Å². The zero-order chi connectivity index (χ0) is 15.6. The summed E-state index contributed by atoms with van der Waals surface area (Å²) in [5.74, 6) is -1.78. The lowest BCUT2D eigenvalue weighted by Gasteiger charge is -2.07. The summed E-state index contributed by atoms with van der Waals surface area (Å²) in [4.78, 5) is 11.7. The van der Waals surface area contributed by atoms with Crippen LogP contribution < -0.4 is 4.72 Å². The minimum atomic E-state index is -3.74. The lowest BCUT2D eigenvalue weighted by molar-refractivity contribution is 0.0694. The Balaban J connectivity index is 2.28. The monoisotopic (exact) mass is 327 g/mol. The Kier molecular flexibility index (Phi) is 4.19. The summed E-state index contributed by atoms with van der Waals surface area (Å²) >= 11 is 1.16. The van der Waals surface area contributed by atoms with Gasteiger partial charge in [0.05, 0.1) is 5.69 Å². The molecule has 0 saturated heterocycles. The first-order chi connectivity index (χ1) is 9.83. The van der Waals surface area contributed by atoms with E-state index in [1.807, 2.05) is 6.92 Å². The molecule has 1 aromatic carbocycles. The number of hydrogen-bond donors (Lipinski definition) is 3. The number of rotatable bonds is 5. The van der Waals surface area contributed by atoms with Crippen molar-refractivity contribution in [2.45, 2.75) is 17.6 Å². The molecule has 0 amide bonds. The van der Waals surface area contributed by atoms with Crippen LogP contribution in [0.4, 0.5) is 5.69 Å². The fourth-order valence-electron chi connectivity index (χ4n) is 1.67. The maximum absolute atomic E-state index is 12.2. The molecule has 0 fully saturated rings. The molecule has 0 saturated carbocycles. The number of aromatic hydroxyl groups is 1. The number of anilines is 1. The number of phenols is 1. The molecule has 0 unspecified atom stereocenters. The number of nitrogens with one attached hydrogen (secondary N) is 1. The highest BCUT2D eigenvalue weighted by molar-refractivity contribution is 7.94. The molecular weight excluding hydrogens is 314 g/mol. The summed E-state index contributed by atoms with van der Waals surface area (Å²) in [6, 6.07) is 6.74. The van der Waals surface area contributed by atoms with Gasteiger partial charge in [0.15, 0.2) is 0 Å². The fourth-order valence-corrected chi connectivity index (χ4v) is 4.02. The Bertz CT molecular complexity index is 780. The van der Waals surface area contributed by atoms with Crippen molar-refractivity contribution >= 4 is 33.0 Å². The van der Waals surface area contributed by atoms with Crippen molar-refractivity contribution in [2.75, 3.05) is 4.72 Å². The van der Waals surface area contributed by atoms with Gasteiger partial charge in [-0.25, -0.2) is 13.2 Å². The SMILES string of the molecule is CCc1ccc(S(=O)(=O)Nc2ccc(C(=O)O)c(O)c2)s1. The lowest BCUT2D eigenvalue weighted by atomic mass is 10.2.